The van der Waals surface area contributed by atoms with Gasteiger partial charge < -0.3 is 61.6 Å². The molecule has 0 spiro atoms. The molecule has 3 saturated heterocycles. The zero-order chi connectivity index (χ0) is 51.6. The molecule has 390 valence electrons. The highest BCUT2D eigenvalue weighted by Crippen LogP contribution is 2.40. The minimum Gasteiger partial charge on any atom is -0.467 e. The molecule has 3 aliphatic rings. The summed E-state index contributed by atoms with van der Waals surface area (Å²) < 4.78 is 81.4. The Morgan fingerprint density at radius 2 is 1.17 bits per heavy atom. The van der Waals surface area contributed by atoms with E-state index in [0.717, 1.165) is 11.1 Å². The van der Waals surface area contributed by atoms with Gasteiger partial charge in [-0.1, -0.05) is 116 Å². The van der Waals surface area contributed by atoms with Crippen LogP contribution in [-0.2, 0) is 101 Å². The zero-order valence-electron chi connectivity index (χ0n) is 41.3. The number of carbonyl (C=O) groups excluding carboxylic acids is 4. The molecule has 20 nitrogen and oxygen atoms in total. The Hall–Kier alpha value is -5.77. The van der Waals surface area contributed by atoms with E-state index < -0.39 is 122 Å². The Morgan fingerprint density at radius 1 is 0.625 bits per heavy atom. The molecule has 6 rings (SSSR count). The van der Waals surface area contributed by atoms with E-state index in [9.17, 15) is 24.7 Å². The normalized spacial score (nSPS) is 30.2. The second kappa shape index (κ2) is 27.9. The van der Waals surface area contributed by atoms with Crippen LogP contribution in [0.3, 0.4) is 0 Å². The maximum Gasteiger partial charge on any atom is 0.335 e. The van der Waals surface area contributed by atoms with Gasteiger partial charge in [0.15, 0.2) is 31.1 Å². The largest absolute Gasteiger partial charge is 0.467 e. The van der Waals surface area contributed by atoms with Gasteiger partial charge in [-0.3, -0.25) is 14.4 Å². The molecule has 3 aromatic rings. The van der Waals surface area contributed by atoms with E-state index in [1.807, 2.05) is 97.9 Å². The Labute approximate surface area is 419 Å². The van der Waals surface area contributed by atoms with Crippen molar-refractivity contribution in [2.45, 2.75) is 147 Å². The van der Waals surface area contributed by atoms with Gasteiger partial charge in [0, 0.05) is 37.5 Å². The number of esters is 4. The van der Waals surface area contributed by atoms with Gasteiger partial charge in [-0.25, -0.2) is 4.79 Å². The van der Waals surface area contributed by atoms with Crippen molar-refractivity contribution in [1.29, 1.82) is 0 Å². The summed E-state index contributed by atoms with van der Waals surface area (Å²) in [7, 11) is 1.20. The Morgan fingerprint density at radius 3 is 1.68 bits per heavy atom. The highest BCUT2D eigenvalue weighted by Gasteiger charge is 2.57. The highest BCUT2D eigenvalue weighted by atomic mass is 16.8. The van der Waals surface area contributed by atoms with E-state index >= 15 is 0 Å². The van der Waals surface area contributed by atoms with E-state index in [0.29, 0.717) is 18.4 Å². The molecule has 3 aliphatic heterocycles. The van der Waals surface area contributed by atoms with Crippen LogP contribution in [0, 0.1) is 11.8 Å². The fraction of sp³-hybridized carbons (Fsp3) is 0.538. The molecule has 0 amide bonds. The SMILES string of the molecule is C=CCCCO[C@@H]1OC(OC(C)=O)[C@H](O[C@@H]2OC(COC(C)=O)[C@H](O[C@@H]3OC(C(=O)OC)[C@H](C)C(OCc4ccccc4)[C@@H]3OC(C)=O)C(OCc3ccccc3)[C@H]2N=[N+]=[N-])C(OCc2ccccc2)[C@H]1C. The van der Waals surface area contributed by atoms with Crippen molar-refractivity contribution in [3.05, 3.63) is 131 Å². The van der Waals surface area contributed by atoms with E-state index in [1.165, 1.54) is 27.9 Å². The lowest BCUT2D eigenvalue weighted by molar-refractivity contribution is -0.381. The minimum atomic E-state index is -1.62. The first-order valence-corrected chi connectivity index (χ1v) is 23.9. The molecule has 0 N–H and O–H groups in total. The van der Waals surface area contributed by atoms with E-state index in [4.69, 9.17) is 61.6 Å². The van der Waals surface area contributed by atoms with Crippen LogP contribution in [-0.4, -0.2) is 124 Å². The summed E-state index contributed by atoms with van der Waals surface area (Å²) in [6.07, 6.45) is -12.5. The van der Waals surface area contributed by atoms with Crippen molar-refractivity contribution in [2.75, 3.05) is 20.3 Å². The average molecular weight is 1000 g/mol. The maximum absolute atomic E-state index is 13.5. The average Bonchev–Trinajstić information content (AvgIpc) is 3.37. The minimum absolute atomic E-state index is 0.0483. The molecular formula is C52H65N3O17. The summed E-state index contributed by atoms with van der Waals surface area (Å²) in [6, 6.07) is 26.2. The van der Waals surface area contributed by atoms with Gasteiger partial charge in [0.25, 0.3) is 0 Å². The number of allylic oxidation sites excluding steroid dienone is 1. The zero-order valence-corrected chi connectivity index (χ0v) is 41.3. The second-order valence-corrected chi connectivity index (χ2v) is 17.6. The molecule has 0 aliphatic carbocycles. The van der Waals surface area contributed by atoms with Gasteiger partial charge in [0.05, 0.1) is 39.6 Å². The molecule has 0 bridgehead atoms. The van der Waals surface area contributed by atoms with Crippen molar-refractivity contribution in [1.82, 2.24) is 0 Å². The molecule has 0 aromatic heterocycles. The van der Waals surface area contributed by atoms with Crippen LogP contribution in [0.4, 0.5) is 0 Å². The number of carbonyl (C=O) groups is 4. The van der Waals surface area contributed by atoms with Crippen LogP contribution in [0.15, 0.2) is 109 Å². The first kappa shape index (κ1) is 55.5. The third-order valence-corrected chi connectivity index (χ3v) is 12.2. The molecule has 3 aromatic carbocycles. The van der Waals surface area contributed by atoms with E-state index in [1.54, 1.807) is 13.0 Å². The number of nitrogens with zero attached hydrogens (tertiary/aromatic N) is 3. The van der Waals surface area contributed by atoms with Gasteiger partial charge >= 0.3 is 23.9 Å². The molecule has 15 atom stereocenters. The van der Waals surface area contributed by atoms with Crippen LogP contribution in [0.2, 0.25) is 0 Å². The third-order valence-electron chi connectivity index (χ3n) is 12.2. The summed E-state index contributed by atoms with van der Waals surface area (Å²) in [5, 5.41) is 4.18. The third kappa shape index (κ3) is 15.4. The molecule has 6 unspecified atom stereocenters. The van der Waals surface area contributed by atoms with Gasteiger partial charge in [0.2, 0.25) is 6.29 Å². The first-order valence-electron chi connectivity index (χ1n) is 23.9. The van der Waals surface area contributed by atoms with Crippen LogP contribution >= 0.6 is 0 Å². The molecule has 0 saturated carbocycles. The van der Waals surface area contributed by atoms with Gasteiger partial charge in [-0.2, -0.15) is 0 Å². The lowest BCUT2D eigenvalue weighted by Crippen LogP contribution is -2.66. The summed E-state index contributed by atoms with van der Waals surface area (Å²) in [5.41, 5.74) is 12.6. The first-order chi connectivity index (χ1) is 34.8. The number of methoxy groups -OCH3 is 1. The number of hydrogen-bond acceptors (Lipinski definition) is 18. The molecular weight excluding hydrogens is 939 g/mol. The van der Waals surface area contributed by atoms with Gasteiger partial charge in [0.1, 0.15) is 43.2 Å². The predicted molar refractivity (Wildman–Crippen MR) is 253 cm³/mol. The summed E-state index contributed by atoms with van der Waals surface area (Å²) in [4.78, 5) is 55.0. The lowest BCUT2D eigenvalue weighted by Gasteiger charge is -2.50. The summed E-state index contributed by atoms with van der Waals surface area (Å²) >= 11 is 0. The van der Waals surface area contributed by atoms with Crippen molar-refractivity contribution >= 4 is 23.9 Å². The monoisotopic (exact) mass is 1000 g/mol. The Bertz CT molecular complexity index is 2240. The van der Waals surface area contributed by atoms with Gasteiger partial charge in [-0.15, -0.1) is 6.58 Å². The number of benzene rings is 3. The van der Waals surface area contributed by atoms with E-state index in [2.05, 4.69) is 16.6 Å². The van der Waals surface area contributed by atoms with Crippen molar-refractivity contribution in [3.8, 4) is 0 Å². The highest BCUT2D eigenvalue weighted by molar-refractivity contribution is 5.75. The number of unbranched alkanes of at least 4 members (excludes halogenated alkanes) is 1. The van der Waals surface area contributed by atoms with Crippen LogP contribution < -0.4 is 0 Å². The topological polar surface area (TPSA) is 237 Å². The standard InChI is InChI=1S/C52H65N3O17/c1-8-9-19-26-61-49-32(3)42(64-28-37-22-15-11-16-23-37)47(51(72-49)67-35(6)58)71-50-40(54-55-53)45(65-29-38-24-17-12-18-25-38)44(39(68-50)30-62-33(4)56)70-52-46(66-34(5)57)41(31(2)43(69-52)48(59)60-7)63-27-36-20-13-10-14-21-36/h8,10-18,20-25,31-32,39-47,49-52H,1,9,19,26-30H2,2-7H3/t31-,32-,39?,40-,41?,42?,43?,44+,45?,46+,47-,49-,50+,51?,52+/m1/s1. The van der Waals surface area contributed by atoms with Crippen LogP contribution in [0.1, 0.15) is 64.2 Å². The smallest absolute Gasteiger partial charge is 0.335 e. The number of azide groups is 1. The fourth-order valence-corrected chi connectivity index (χ4v) is 8.72. The molecule has 0 radical (unpaired) electrons. The van der Waals surface area contributed by atoms with Crippen LogP contribution in [0.25, 0.3) is 10.4 Å². The quantitative estimate of drug-likeness (QED) is 0.0170. The second-order valence-electron chi connectivity index (χ2n) is 17.6. The Balaban J connectivity index is 1.42. The summed E-state index contributed by atoms with van der Waals surface area (Å²) in [6.45, 7) is 10.8. The fourth-order valence-electron chi connectivity index (χ4n) is 8.72. The number of rotatable bonds is 24. The molecule has 3 fully saturated rings. The molecule has 20 heteroatoms. The lowest BCUT2D eigenvalue weighted by atomic mass is 9.89. The van der Waals surface area contributed by atoms with Crippen LogP contribution in [0.5, 0.6) is 0 Å². The van der Waals surface area contributed by atoms with Crippen molar-refractivity contribution < 1.29 is 80.8 Å². The predicted octanol–water partition coefficient (Wildman–Crippen LogP) is 6.81. The molecule has 72 heavy (non-hydrogen) atoms. The van der Waals surface area contributed by atoms with E-state index in [-0.39, 0.29) is 26.4 Å². The maximum atomic E-state index is 13.5. The number of hydrogen-bond donors (Lipinski definition) is 0. The Kier molecular flexibility index (Phi) is 21.5. The van der Waals surface area contributed by atoms with Crippen molar-refractivity contribution in [3.63, 3.8) is 0 Å². The number of ether oxygens (including phenoxy) is 13. The molecule has 3 heterocycles. The van der Waals surface area contributed by atoms with Crippen molar-refractivity contribution in [2.24, 2.45) is 17.0 Å². The summed E-state index contributed by atoms with van der Waals surface area (Å²) in [5.74, 6) is -4.22. The van der Waals surface area contributed by atoms with Gasteiger partial charge in [-0.05, 0) is 35.1 Å².